The van der Waals surface area contributed by atoms with Crippen molar-refractivity contribution < 1.29 is 13.6 Å². The molecule has 0 atom stereocenters. The number of amides is 1. The Balaban J connectivity index is 2.28. The largest absolute Gasteiger partial charge is 0.322 e. The molecular weight excluding hydrogens is 340 g/mol. The fourth-order valence-corrected chi connectivity index (χ4v) is 2.18. The molecular formula is C13H7BrClF2NO. The van der Waals surface area contributed by atoms with E-state index in [-0.39, 0.29) is 16.3 Å². The van der Waals surface area contributed by atoms with Crippen molar-refractivity contribution in [3.8, 4) is 0 Å². The molecule has 2 aromatic rings. The molecule has 98 valence electrons. The maximum atomic E-state index is 13.6. The minimum atomic E-state index is -0.653. The number of halogens is 4. The molecule has 0 spiro atoms. The lowest BCUT2D eigenvalue weighted by molar-refractivity contribution is 0.102. The van der Waals surface area contributed by atoms with Crippen LogP contribution >= 0.6 is 27.5 Å². The average molecular weight is 347 g/mol. The highest BCUT2D eigenvalue weighted by Crippen LogP contribution is 2.23. The van der Waals surface area contributed by atoms with Gasteiger partial charge in [-0.25, -0.2) is 8.78 Å². The molecule has 2 aromatic carbocycles. The van der Waals surface area contributed by atoms with Crippen LogP contribution < -0.4 is 5.32 Å². The first-order chi connectivity index (χ1) is 8.99. The Morgan fingerprint density at radius 3 is 2.53 bits per heavy atom. The molecule has 1 amide bonds. The van der Waals surface area contributed by atoms with Crippen molar-refractivity contribution in [2.45, 2.75) is 0 Å². The lowest BCUT2D eigenvalue weighted by Gasteiger charge is -2.08. The van der Waals surface area contributed by atoms with E-state index in [2.05, 4.69) is 21.2 Å². The summed E-state index contributed by atoms with van der Waals surface area (Å²) in [6, 6.07) is 7.92. The van der Waals surface area contributed by atoms with Gasteiger partial charge < -0.3 is 5.32 Å². The number of nitrogens with one attached hydrogen (secondary N) is 1. The highest BCUT2D eigenvalue weighted by atomic mass is 79.9. The van der Waals surface area contributed by atoms with Crippen molar-refractivity contribution in [2.24, 2.45) is 0 Å². The Morgan fingerprint density at radius 1 is 1.16 bits per heavy atom. The second kappa shape index (κ2) is 5.67. The molecule has 1 N–H and O–H groups in total. The molecule has 6 heteroatoms. The summed E-state index contributed by atoms with van der Waals surface area (Å²) in [5, 5.41) is 2.33. The van der Waals surface area contributed by atoms with Crippen LogP contribution in [0.25, 0.3) is 0 Å². The van der Waals surface area contributed by atoms with Crippen molar-refractivity contribution in [2.75, 3.05) is 5.32 Å². The number of benzene rings is 2. The standard InChI is InChI=1S/C13H7BrClF2NO/c14-8-2-1-3-11(17)12(8)13(19)18-7-4-5-10(16)9(15)6-7/h1-6H,(H,18,19). The van der Waals surface area contributed by atoms with Crippen molar-refractivity contribution in [1.29, 1.82) is 0 Å². The topological polar surface area (TPSA) is 29.1 Å². The van der Waals surface area contributed by atoms with Crippen LogP contribution in [0.2, 0.25) is 5.02 Å². The first-order valence-electron chi connectivity index (χ1n) is 5.19. The minimum absolute atomic E-state index is 0.120. The van der Waals surface area contributed by atoms with Crippen LogP contribution in [-0.2, 0) is 0 Å². The predicted octanol–water partition coefficient (Wildman–Crippen LogP) is 4.63. The summed E-state index contributed by atoms with van der Waals surface area (Å²) in [4.78, 5) is 11.9. The molecule has 0 bridgehead atoms. The third kappa shape index (κ3) is 3.11. The van der Waals surface area contributed by atoms with E-state index < -0.39 is 17.5 Å². The van der Waals surface area contributed by atoms with Gasteiger partial charge in [-0.1, -0.05) is 17.7 Å². The molecule has 2 rings (SSSR count). The number of hydrogen-bond donors (Lipinski definition) is 1. The Labute approximate surface area is 121 Å². The Bertz CT molecular complexity index is 628. The highest BCUT2D eigenvalue weighted by molar-refractivity contribution is 9.10. The Hall–Kier alpha value is -1.46. The first kappa shape index (κ1) is 14.0. The summed E-state index contributed by atoms with van der Waals surface area (Å²) in [6.45, 7) is 0. The smallest absolute Gasteiger partial charge is 0.259 e. The summed E-state index contributed by atoms with van der Waals surface area (Å²) in [7, 11) is 0. The number of rotatable bonds is 2. The van der Waals surface area contributed by atoms with Crippen LogP contribution in [0.4, 0.5) is 14.5 Å². The maximum Gasteiger partial charge on any atom is 0.259 e. The van der Waals surface area contributed by atoms with E-state index in [1.165, 1.54) is 24.3 Å². The van der Waals surface area contributed by atoms with Crippen LogP contribution in [0.15, 0.2) is 40.9 Å². The second-order valence-corrected chi connectivity index (χ2v) is 4.94. The maximum absolute atomic E-state index is 13.6. The fraction of sp³-hybridized carbons (Fsp3) is 0. The Morgan fingerprint density at radius 2 is 1.89 bits per heavy atom. The fourth-order valence-electron chi connectivity index (χ4n) is 1.48. The third-order valence-electron chi connectivity index (χ3n) is 2.37. The van der Waals surface area contributed by atoms with Crippen molar-refractivity contribution in [3.63, 3.8) is 0 Å². The van der Waals surface area contributed by atoms with Crippen molar-refractivity contribution in [3.05, 3.63) is 63.1 Å². The van der Waals surface area contributed by atoms with E-state index in [4.69, 9.17) is 11.6 Å². The van der Waals surface area contributed by atoms with Gasteiger partial charge in [-0.2, -0.15) is 0 Å². The number of carbonyl (C=O) groups is 1. The van der Waals surface area contributed by atoms with Gasteiger partial charge in [0.15, 0.2) is 0 Å². The molecule has 0 aliphatic carbocycles. The zero-order chi connectivity index (χ0) is 14.0. The number of hydrogen-bond acceptors (Lipinski definition) is 1. The average Bonchev–Trinajstić information content (AvgIpc) is 2.33. The van der Waals surface area contributed by atoms with Gasteiger partial charge in [0.05, 0.1) is 10.6 Å². The molecule has 0 aliphatic heterocycles. The summed E-state index contributed by atoms with van der Waals surface area (Å²) in [6.07, 6.45) is 0. The molecule has 19 heavy (non-hydrogen) atoms. The van der Waals surface area contributed by atoms with Gasteiger partial charge in [-0.05, 0) is 46.3 Å². The lowest BCUT2D eigenvalue weighted by atomic mass is 10.2. The van der Waals surface area contributed by atoms with Gasteiger partial charge in [-0.15, -0.1) is 0 Å². The summed E-state index contributed by atoms with van der Waals surface area (Å²) >= 11 is 8.70. The van der Waals surface area contributed by atoms with E-state index in [1.807, 2.05) is 0 Å². The molecule has 0 radical (unpaired) electrons. The normalized spacial score (nSPS) is 10.3. The zero-order valence-electron chi connectivity index (χ0n) is 9.38. The van der Waals surface area contributed by atoms with E-state index in [9.17, 15) is 13.6 Å². The van der Waals surface area contributed by atoms with Gasteiger partial charge in [0.1, 0.15) is 11.6 Å². The van der Waals surface area contributed by atoms with Gasteiger partial charge >= 0.3 is 0 Å². The highest BCUT2D eigenvalue weighted by Gasteiger charge is 2.15. The third-order valence-corrected chi connectivity index (χ3v) is 3.32. The summed E-state index contributed by atoms with van der Waals surface area (Å²) in [5.41, 5.74) is 0.162. The molecule has 0 heterocycles. The van der Waals surface area contributed by atoms with E-state index >= 15 is 0 Å². The predicted molar refractivity (Wildman–Crippen MR) is 73.5 cm³/mol. The molecule has 2 nitrogen and oxygen atoms in total. The van der Waals surface area contributed by atoms with E-state index in [0.717, 1.165) is 6.07 Å². The van der Waals surface area contributed by atoms with E-state index in [1.54, 1.807) is 6.07 Å². The second-order valence-electron chi connectivity index (χ2n) is 3.68. The summed E-state index contributed by atoms with van der Waals surface area (Å²) < 4.78 is 26.9. The van der Waals surface area contributed by atoms with Crippen molar-refractivity contribution in [1.82, 2.24) is 0 Å². The van der Waals surface area contributed by atoms with Gasteiger partial charge in [-0.3, -0.25) is 4.79 Å². The minimum Gasteiger partial charge on any atom is -0.322 e. The van der Waals surface area contributed by atoms with Crippen LogP contribution in [0, 0.1) is 11.6 Å². The number of anilines is 1. The molecule has 0 unspecified atom stereocenters. The molecule has 0 saturated heterocycles. The van der Waals surface area contributed by atoms with Gasteiger partial charge in [0.2, 0.25) is 0 Å². The lowest BCUT2D eigenvalue weighted by Crippen LogP contribution is -2.14. The molecule has 0 fully saturated rings. The van der Waals surface area contributed by atoms with Crippen molar-refractivity contribution >= 4 is 39.1 Å². The van der Waals surface area contributed by atoms with E-state index in [0.29, 0.717) is 4.47 Å². The van der Waals surface area contributed by atoms with Crippen LogP contribution in [-0.4, -0.2) is 5.91 Å². The number of carbonyl (C=O) groups excluding carboxylic acids is 1. The SMILES string of the molecule is O=C(Nc1ccc(F)c(Cl)c1)c1c(F)cccc1Br. The molecule has 0 aromatic heterocycles. The molecule has 0 saturated carbocycles. The van der Waals surface area contributed by atoms with Crippen LogP contribution in [0.3, 0.4) is 0 Å². The van der Waals surface area contributed by atoms with Gasteiger partial charge in [0, 0.05) is 10.2 Å². The zero-order valence-corrected chi connectivity index (χ0v) is 11.7. The van der Waals surface area contributed by atoms with Crippen LogP contribution in [0.1, 0.15) is 10.4 Å². The first-order valence-corrected chi connectivity index (χ1v) is 6.36. The monoisotopic (exact) mass is 345 g/mol. The molecule has 0 aliphatic rings. The van der Waals surface area contributed by atoms with Crippen LogP contribution in [0.5, 0.6) is 0 Å². The quantitative estimate of drug-likeness (QED) is 0.844. The summed E-state index contributed by atoms with van der Waals surface area (Å²) in [5.74, 6) is -1.89. The Kier molecular flexibility index (Phi) is 4.17. The van der Waals surface area contributed by atoms with Gasteiger partial charge in [0.25, 0.3) is 5.91 Å².